The van der Waals surface area contributed by atoms with Crippen LogP contribution in [0.2, 0.25) is 0 Å². The summed E-state index contributed by atoms with van der Waals surface area (Å²) in [7, 11) is 1.57. The van der Waals surface area contributed by atoms with E-state index in [9.17, 15) is 4.79 Å². The minimum Gasteiger partial charge on any atom is -0.494 e. The topological polar surface area (TPSA) is 35.5 Å². The SMILES string of the molecule is CCOC(=O)c1ccc(Br)c(OC)c1I. The standard InChI is InChI=1S/C10H10BrIO3/c1-3-15-10(13)6-4-5-7(11)9(14-2)8(6)12/h4-5H,3H2,1-2H3. The molecular formula is C10H10BrIO3. The van der Waals surface area contributed by atoms with Crippen molar-refractivity contribution in [2.45, 2.75) is 6.92 Å². The third-order valence-electron chi connectivity index (χ3n) is 1.75. The van der Waals surface area contributed by atoms with Crippen LogP contribution in [-0.4, -0.2) is 19.7 Å². The fourth-order valence-corrected chi connectivity index (χ4v) is 2.86. The Morgan fingerprint density at radius 2 is 2.20 bits per heavy atom. The molecule has 0 aliphatic rings. The maximum absolute atomic E-state index is 11.5. The highest BCUT2D eigenvalue weighted by molar-refractivity contribution is 14.1. The Balaban J connectivity index is 3.15. The largest absolute Gasteiger partial charge is 0.494 e. The zero-order valence-electron chi connectivity index (χ0n) is 8.34. The number of benzene rings is 1. The van der Waals surface area contributed by atoms with Crippen LogP contribution >= 0.6 is 38.5 Å². The third kappa shape index (κ3) is 2.84. The van der Waals surface area contributed by atoms with Crippen LogP contribution < -0.4 is 4.74 Å². The summed E-state index contributed by atoms with van der Waals surface area (Å²) in [5.74, 6) is 0.328. The lowest BCUT2D eigenvalue weighted by Crippen LogP contribution is -2.07. The molecule has 1 aromatic rings. The summed E-state index contributed by atoms with van der Waals surface area (Å²) >= 11 is 5.41. The van der Waals surface area contributed by atoms with Gasteiger partial charge in [0.15, 0.2) is 0 Å². The molecule has 1 rings (SSSR count). The second-order valence-electron chi connectivity index (χ2n) is 2.66. The summed E-state index contributed by atoms with van der Waals surface area (Å²) in [6.45, 7) is 2.15. The molecule has 0 radical (unpaired) electrons. The fraction of sp³-hybridized carbons (Fsp3) is 0.300. The van der Waals surface area contributed by atoms with Crippen LogP contribution in [0.25, 0.3) is 0 Å². The van der Waals surface area contributed by atoms with Gasteiger partial charge in [-0.2, -0.15) is 0 Å². The molecule has 15 heavy (non-hydrogen) atoms. The van der Waals surface area contributed by atoms with Crippen molar-refractivity contribution >= 4 is 44.5 Å². The molecule has 82 valence electrons. The van der Waals surface area contributed by atoms with Gasteiger partial charge in [-0.25, -0.2) is 4.79 Å². The van der Waals surface area contributed by atoms with Crippen LogP contribution in [-0.2, 0) is 4.74 Å². The molecule has 0 amide bonds. The highest BCUT2D eigenvalue weighted by Crippen LogP contribution is 2.32. The van der Waals surface area contributed by atoms with Gasteiger partial charge in [0.1, 0.15) is 5.75 Å². The number of carbonyl (C=O) groups excluding carboxylic acids is 1. The zero-order valence-corrected chi connectivity index (χ0v) is 12.1. The van der Waals surface area contributed by atoms with Crippen molar-refractivity contribution < 1.29 is 14.3 Å². The minimum atomic E-state index is -0.326. The van der Waals surface area contributed by atoms with E-state index in [2.05, 4.69) is 38.5 Å². The lowest BCUT2D eigenvalue weighted by Gasteiger charge is -2.09. The zero-order chi connectivity index (χ0) is 11.4. The summed E-state index contributed by atoms with van der Waals surface area (Å²) < 4.78 is 11.7. The lowest BCUT2D eigenvalue weighted by molar-refractivity contribution is 0.0524. The smallest absolute Gasteiger partial charge is 0.339 e. The normalized spacial score (nSPS) is 9.87. The Hall–Kier alpha value is -0.300. The van der Waals surface area contributed by atoms with E-state index in [0.29, 0.717) is 17.9 Å². The lowest BCUT2D eigenvalue weighted by atomic mass is 10.2. The summed E-state index contributed by atoms with van der Waals surface area (Å²) in [4.78, 5) is 11.5. The molecule has 0 aliphatic carbocycles. The van der Waals surface area contributed by atoms with Crippen molar-refractivity contribution in [2.24, 2.45) is 0 Å². The van der Waals surface area contributed by atoms with Gasteiger partial charge >= 0.3 is 5.97 Å². The van der Waals surface area contributed by atoms with E-state index in [1.54, 1.807) is 26.2 Å². The van der Waals surface area contributed by atoms with E-state index >= 15 is 0 Å². The molecule has 0 aliphatic heterocycles. The van der Waals surface area contributed by atoms with Gasteiger partial charge in [0.25, 0.3) is 0 Å². The van der Waals surface area contributed by atoms with Crippen LogP contribution in [0, 0.1) is 3.57 Å². The predicted octanol–water partition coefficient (Wildman–Crippen LogP) is 3.24. The number of carbonyl (C=O) groups is 1. The summed E-state index contributed by atoms with van der Waals surface area (Å²) in [5.41, 5.74) is 0.525. The van der Waals surface area contributed by atoms with Gasteiger partial charge in [0.05, 0.1) is 27.3 Å². The first-order chi connectivity index (χ1) is 7.11. The highest BCUT2D eigenvalue weighted by Gasteiger charge is 2.16. The molecule has 0 bridgehead atoms. The number of methoxy groups -OCH3 is 1. The van der Waals surface area contributed by atoms with Crippen LogP contribution in [0.15, 0.2) is 16.6 Å². The van der Waals surface area contributed by atoms with Gasteiger partial charge in [0.2, 0.25) is 0 Å². The van der Waals surface area contributed by atoms with Crippen LogP contribution in [0.5, 0.6) is 5.75 Å². The molecule has 0 heterocycles. The quantitative estimate of drug-likeness (QED) is 0.592. The van der Waals surface area contributed by atoms with Gasteiger partial charge in [0, 0.05) is 0 Å². The summed E-state index contributed by atoms with van der Waals surface area (Å²) in [6.07, 6.45) is 0. The highest BCUT2D eigenvalue weighted by atomic mass is 127. The number of hydrogen-bond acceptors (Lipinski definition) is 3. The average Bonchev–Trinajstić information content (AvgIpc) is 2.18. The average molecular weight is 385 g/mol. The first kappa shape index (κ1) is 12.8. The van der Waals surface area contributed by atoms with Crippen molar-refractivity contribution in [3.63, 3.8) is 0 Å². The summed E-state index contributed by atoms with van der Waals surface area (Å²) in [5, 5.41) is 0. The first-order valence-corrected chi connectivity index (χ1v) is 6.18. The predicted molar refractivity (Wildman–Crippen MR) is 69.4 cm³/mol. The molecule has 0 saturated heterocycles. The minimum absolute atomic E-state index is 0.326. The van der Waals surface area contributed by atoms with Crippen molar-refractivity contribution in [2.75, 3.05) is 13.7 Å². The number of hydrogen-bond donors (Lipinski definition) is 0. The number of esters is 1. The molecule has 0 N–H and O–H groups in total. The second-order valence-corrected chi connectivity index (χ2v) is 4.60. The van der Waals surface area contributed by atoms with Crippen LogP contribution in [0.3, 0.4) is 0 Å². The van der Waals surface area contributed by atoms with E-state index in [1.165, 1.54) is 0 Å². The van der Waals surface area contributed by atoms with Gasteiger partial charge < -0.3 is 9.47 Å². The van der Waals surface area contributed by atoms with E-state index in [-0.39, 0.29) is 5.97 Å². The van der Waals surface area contributed by atoms with Crippen molar-refractivity contribution in [3.05, 3.63) is 25.7 Å². The Bertz CT molecular complexity index is 379. The molecule has 0 spiro atoms. The van der Waals surface area contributed by atoms with E-state index in [0.717, 1.165) is 8.04 Å². The molecule has 5 heteroatoms. The molecule has 3 nitrogen and oxygen atoms in total. The van der Waals surface area contributed by atoms with Gasteiger partial charge in [-0.15, -0.1) is 0 Å². The monoisotopic (exact) mass is 384 g/mol. The molecule has 1 aromatic carbocycles. The summed E-state index contributed by atoms with van der Waals surface area (Å²) in [6, 6.07) is 3.49. The molecule has 0 aromatic heterocycles. The van der Waals surface area contributed by atoms with Gasteiger partial charge in [-0.05, 0) is 57.6 Å². The van der Waals surface area contributed by atoms with Crippen LogP contribution in [0.1, 0.15) is 17.3 Å². The third-order valence-corrected chi connectivity index (χ3v) is 3.44. The molecule has 0 atom stereocenters. The van der Waals surface area contributed by atoms with E-state index < -0.39 is 0 Å². The molecule has 0 unspecified atom stereocenters. The van der Waals surface area contributed by atoms with Crippen molar-refractivity contribution in [1.82, 2.24) is 0 Å². The Kier molecular flexibility index (Phi) is 4.85. The Morgan fingerprint density at radius 3 is 2.73 bits per heavy atom. The van der Waals surface area contributed by atoms with Gasteiger partial charge in [-0.1, -0.05) is 0 Å². The van der Waals surface area contributed by atoms with E-state index in [1.807, 2.05) is 0 Å². The number of rotatable bonds is 3. The second kappa shape index (κ2) is 5.69. The Morgan fingerprint density at radius 1 is 1.53 bits per heavy atom. The molecule has 0 fully saturated rings. The fourth-order valence-electron chi connectivity index (χ4n) is 1.09. The Labute approximate surface area is 110 Å². The molecule has 0 saturated carbocycles. The van der Waals surface area contributed by atoms with Gasteiger partial charge in [-0.3, -0.25) is 0 Å². The van der Waals surface area contributed by atoms with Crippen molar-refractivity contribution in [1.29, 1.82) is 0 Å². The first-order valence-electron chi connectivity index (χ1n) is 4.31. The van der Waals surface area contributed by atoms with Crippen LogP contribution in [0.4, 0.5) is 0 Å². The number of ether oxygens (including phenoxy) is 2. The molecular weight excluding hydrogens is 375 g/mol. The van der Waals surface area contributed by atoms with Crippen molar-refractivity contribution in [3.8, 4) is 5.75 Å². The maximum atomic E-state index is 11.5. The number of halogens is 2. The van der Waals surface area contributed by atoms with E-state index in [4.69, 9.17) is 9.47 Å². The maximum Gasteiger partial charge on any atom is 0.339 e.